The highest BCUT2D eigenvalue weighted by molar-refractivity contribution is 9.10. The van der Waals surface area contributed by atoms with Gasteiger partial charge in [0.05, 0.1) is 11.3 Å². The number of benzene rings is 1. The van der Waals surface area contributed by atoms with Gasteiger partial charge in [0.25, 0.3) is 0 Å². The molecule has 1 fully saturated rings. The Morgan fingerprint density at radius 2 is 2.12 bits per heavy atom. The van der Waals surface area contributed by atoms with Gasteiger partial charge in [0.1, 0.15) is 6.07 Å². The van der Waals surface area contributed by atoms with E-state index in [0.717, 1.165) is 36.2 Å². The molecule has 0 unspecified atom stereocenters. The molecule has 0 amide bonds. The molecule has 0 bridgehead atoms. The minimum Gasteiger partial charge on any atom is -0.381 e. The maximum absolute atomic E-state index is 9.22. The Morgan fingerprint density at radius 1 is 1.41 bits per heavy atom. The van der Waals surface area contributed by atoms with Crippen LogP contribution in [-0.2, 0) is 4.74 Å². The molecule has 17 heavy (non-hydrogen) atoms. The number of ether oxygens (including phenoxy) is 1. The third-order valence-electron chi connectivity index (χ3n) is 3.22. The van der Waals surface area contributed by atoms with Crippen molar-refractivity contribution in [1.29, 1.82) is 5.26 Å². The molecule has 1 aromatic rings. The standard InChI is InChI=1S/C13H15BrN2O/c1-16(10-5-7-17-8-6-10)13-4-2-3-12(14)11(13)9-15/h2-4,10H,5-8H2,1H3. The van der Waals surface area contributed by atoms with Gasteiger partial charge >= 0.3 is 0 Å². The van der Waals surface area contributed by atoms with E-state index in [-0.39, 0.29) is 0 Å². The van der Waals surface area contributed by atoms with E-state index in [9.17, 15) is 5.26 Å². The summed E-state index contributed by atoms with van der Waals surface area (Å²) in [5.41, 5.74) is 1.70. The second-order valence-electron chi connectivity index (χ2n) is 4.20. The Balaban J connectivity index is 2.27. The van der Waals surface area contributed by atoms with Gasteiger partial charge in [-0.25, -0.2) is 0 Å². The van der Waals surface area contributed by atoms with Crippen LogP contribution in [0.25, 0.3) is 0 Å². The fourth-order valence-electron chi connectivity index (χ4n) is 2.19. The molecule has 0 atom stereocenters. The third kappa shape index (κ3) is 2.62. The van der Waals surface area contributed by atoms with Gasteiger partial charge in [-0.05, 0) is 40.9 Å². The molecular formula is C13H15BrN2O. The lowest BCUT2D eigenvalue weighted by Gasteiger charge is -2.33. The van der Waals surface area contributed by atoms with E-state index in [1.54, 1.807) is 0 Å². The monoisotopic (exact) mass is 294 g/mol. The summed E-state index contributed by atoms with van der Waals surface area (Å²) in [6, 6.07) is 8.60. The zero-order valence-electron chi connectivity index (χ0n) is 9.82. The third-order valence-corrected chi connectivity index (χ3v) is 3.88. The van der Waals surface area contributed by atoms with Gasteiger partial charge in [0.2, 0.25) is 0 Å². The van der Waals surface area contributed by atoms with Gasteiger partial charge in [-0.2, -0.15) is 5.26 Å². The first-order chi connectivity index (χ1) is 8.24. The van der Waals surface area contributed by atoms with Crippen molar-refractivity contribution in [2.75, 3.05) is 25.2 Å². The molecule has 90 valence electrons. The Bertz CT molecular complexity index is 436. The summed E-state index contributed by atoms with van der Waals surface area (Å²) in [5, 5.41) is 9.22. The van der Waals surface area contributed by atoms with Crippen molar-refractivity contribution in [3.63, 3.8) is 0 Å². The minimum atomic E-state index is 0.463. The number of anilines is 1. The molecule has 0 saturated carbocycles. The second-order valence-corrected chi connectivity index (χ2v) is 5.05. The lowest BCUT2D eigenvalue weighted by molar-refractivity contribution is 0.0855. The van der Waals surface area contributed by atoms with Crippen molar-refractivity contribution >= 4 is 21.6 Å². The topological polar surface area (TPSA) is 36.3 Å². The molecule has 2 rings (SSSR count). The molecule has 1 saturated heterocycles. The van der Waals surface area contributed by atoms with Crippen molar-refractivity contribution in [2.24, 2.45) is 0 Å². The van der Waals surface area contributed by atoms with Gasteiger partial charge in [-0.15, -0.1) is 0 Å². The first kappa shape index (κ1) is 12.4. The van der Waals surface area contributed by atoms with Gasteiger partial charge in [0.15, 0.2) is 0 Å². The van der Waals surface area contributed by atoms with Crippen molar-refractivity contribution < 1.29 is 4.74 Å². The van der Waals surface area contributed by atoms with Crippen LogP contribution in [0.5, 0.6) is 0 Å². The van der Waals surface area contributed by atoms with Crippen LogP contribution >= 0.6 is 15.9 Å². The second kappa shape index (κ2) is 5.52. The average molecular weight is 295 g/mol. The van der Waals surface area contributed by atoms with Crippen molar-refractivity contribution in [1.82, 2.24) is 0 Å². The summed E-state index contributed by atoms with van der Waals surface area (Å²) < 4.78 is 6.22. The van der Waals surface area contributed by atoms with Crippen molar-refractivity contribution in [3.8, 4) is 6.07 Å². The number of hydrogen-bond donors (Lipinski definition) is 0. The highest BCUT2D eigenvalue weighted by atomic mass is 79.9. The summed E-state index contributed by atoms with van der Waals surface area (Å²) >= 11 is 3.43. The quantitative estimate of drug-likeness (QED) is 0.841. The molecule has 0 radical (unpaired) electrons. The van der Waals surface area contributed by atoms with E-state index in [0.29, 0.717) is 11.6 Å². The van der Waals surface area contributed by atoms with Crippen LogP contribution in [0.3, 0.4) is 0 Å². The first-order valence-electron chi connectivity index (χ1n) is 5.73. The van der Waals surface area contributed by atoms with E-state index < -0.39 is 0 Å². The fraction of sp³-hybridized carbons (Fsp3) is 0.462. The van der Waals surface area contributed by atoms with Crippen LogP contribution in [0.15, 0.2) is 22.7 Å². The van der Waals surface area contributed by atoms with Crippen molar-refractivity contribution in [3.05, 3.63) is 28.2 Å². The van der Waals surface area contributed by atoms with E-state index in [1.807, 2.05) is 18.2 Å². The normalized spacial score (nSPS) is 16.5. The largest absolute Gasteiger partial charge is 0.381 e. The van der Waals surface area contributed by atoms with Crippen LogP contribution in [0.4, 0.5) is 5.69 Å². The molecule has 1 aromatic carbocycles. The fourth-order valence-corrected chi connectivity index (χ4v) is 2.63. The van der Waals surface area contributed by atoms with Crippen LogP contribution < -0.4 is 4.90 Å². The lowest BCUT2D eigenvalue weighted by Crippen LogP contribution is -2.37. The number of halogens is 1. The molecule has 1 aliphatic heterocycles. The van der Waals surface area contributed by atoms with E-state index in [1.165, 1.54) is 0 Å². The number of nitriles is 1. The van der Waals surface area contributed by atoms with Crippen LogP contribution in [0, 0.1) is 11.3 Å². The summed E-state index contributed by atoms with van der Waals surface area (Å²) in [7, 11) is 2.05. The minimum absolute atomic E-state index is 0.463. The Morgan fingerprint density at radius 3 is 2.76 bits per heavy atom. The smallest absolute Gasteiger partial charge is 0.103 e. The number of rotatable bonds is 2. The van der Waals surface area contributed by atoms with Crippen molar-refractivity contribution in [2.45, 2.75) is 18.9 Å². The maximum atomic E-state index is 9.22. The Kier molecular flexibility index (Phi) is 4.03. The van der Waals surface area contributed by atoms with Gasteiger partial charge in [-0.1, -0.05) is 6.07 Å². The average Bonchev–Trinajstić information content (AvgIpc) is 2.38. The van der Waals surface area contributed by atoms with Crippen LogP contribution in [-0.4, -0.2) is 26.3 Å². The van der Waals surface area contributed by atoms with Gasteiger partial charge < -0.3 is 9.64 Å². The SMILES string of the molecule is CN(c1cccc(Br)c1C#N)C1CCOCC1. The summed E-state index contributed by atoms with van der Waals surface area (Å²) in [4.78, 5) is 2.20. The predicted octanol–water partition coefficient (Wildman–Crippen LogP) is 2.94. The van der Waals surface area contributed by atoms with E-state index in [2.05, 4.69) is 33.9 Å². The lowest BCUT2D eigenvalue weighted by atomic mass is 10.1. The maximum Gasteiger partial charge on any atom is 0.103 e. The molecule has 0 aliphatic carbocycles. The Hall–Kier alpha value is -1.05. The van der Waals surface area contributed by atoms with Gasteiger partial charge in [-0.3, -0.25) is 0 Å². The zero-order chi connectivity index (χ0) is 12.3. The van der Waals surface area contributed by atoms with Crippen LogP contribution in [0.2, 0.25) is 0 Å². The first-order valence-corrected chi connectivity index (χ1v) is 6.52. The zero-order valence-corrected chi connectivity index (χ0v) is 11.4. The molecule has 0 spiro atoms. The molecule has 3 nitrogen and oxygen atoms in total. The molecule has 4 heteroatoms. The highest BCUT2D eigenvalue weighted by Crippen LogP contribution is 2.29. The van der Waals surface area contributed by atoms with E-state index in [4.69, 9.17) is 4.74 Å². The number of nitrogens with zero attached hydrogens (tertiary/aromatic N) is 2. The molecule has 0 aromatic heterocycles. The summed E-state index contributed by atoms with van der Waals surface area (Å²) in [6.07, 6.45) is 2.04. The van der Waals surface area contributed by atoms with Crippen LogP contribution in [0.1, 0.15) is 18.4 Å². The van der Waals surface area contributed by atoms with E-state index >= 15 is 0 Å². The molecular weight excluding hydrogens is 280 g/mol. The number of hydrogen-bond acceptors (Lipinski definition) is 3. The summed E-state index contributed by atoms with van der Waals surface area (Å²) in [6.45, 7) is 1.62. The summed E-state index contributed by atoms with van der Waals surface area (Å²) in [5.74, 6) is 0. The molecule has 1 heterocycles. The highest BCUT2D eigenvalue weighted by Gasteiger charge is 2.21. The van der Waals surface area contributed by atoms with Gasteiger partial charge in [0, 0.05) is 30.8 Å². The molecule has 1 aliphatic rings. The Labute approximate surface area is 110 Å². The molecule has 0 N–H and O–H groups in total. The predicted molar refractivity (Wildman–Crippen MR) is 71.1 cm³/mol.